The molecule has 11 rings (SSSR count). The maximum Gasteiger partial charge on any atom is 0.160 e. The average molecular weight is 766 g/mol. The van der Waals surface area contributed by atoms with E-state index in [1.165, 1.54) is 38.6 Å². The van der Waals surface area contributed by atoms with Gasteiger partial charge in [-0.05, 0) is 97.2 Å². The molecule has 0 saturated carbocycles. The van der Waals surface area contributed by atoms with E-state index in [0.29, 0.717) is 0 Å². The predicted octanol–water partition coefficient (Wildman–Crippen LogP) is 16.5. The van der Waals surface area contributed by atoms with Crippen LogP contribution in [0.5, 0.6) is 0 Å². The maximum atomic E-state index is 7.24. The Balaban J connectivity index is 1.15. The van der Waals surface area contributed by atoms with Gasteiger partial charge in [-0.1, -0.05) is 200 Å². The summed E-state index contributed by atoms with van der Waals surface area (Å²) in [5, 5.41) is 4.56. The molecule has 0 N–H and O–H groups in total. The van der Waals surface area contributed by atoms with Crippen LogP contribution in [0.25, 0.3) is 88.3 Å². The molecule has 0 radical (unpaired) electrons. The zero-order chi connectivity index (χ0) is 39.8. The molecule has 0 amide bonds. The third-order valence-corrected chi connectivity index (χ3v) is 11.7. The van der Waals surface area contributed by atoms with Crippen molar-refractivity contribution in [3.05, 3.63) is 237 Å². The Labute approximate surface area is 349 Å². The second-order valence-corrected chi connectivity index (χ2v) is 15.3. The molecule has 0 aliphatic rings. The summed E-state index contributed by atoms with van der Waals surface area (Å²) >= 11 is 0. The molecule has 11 aromatic rings. The monoisotopic (exact) mass is 765 g/mol. The number of rotatable bonds is 8. The van der Waals surface area contributed by atoms with Gasteiger partial charge in [0.05, 0.1) is 5.69 Å². The van der Waals surface area contributed by atoms with Gasteiger partial charge >= 0.3 is 0 Å². The Kier molecular flexibility index (Phi) is 8.87. The molecule has 0 saturated heterocycles. The highest BCUT2D eigenvalue weighted by Gasteiger charge is 2.24. The molecule has 1 aromatic heterocycles. The van der Waals surface area contributed by atoms with Gasteiger partial charge in [0.2, 0.25) is 0 Å². The lowest BCUT2D eigenvalue weighted by atomic mass is 9.95. The molecule has 0 spiro atoms. The number of para-hydroxylation sites is 1. The van der Waals surface area contributed by atoms with E-state index in [-0.39, 0.29) is 0 Å². The van der Waals surface area contributed by atoms with Crippen LogP contribution in [0.2, 0.25) is 0 Å². The van der Waals surface area contributed by atoms with Crippen molar-refractivity contribution in [2.45, 2.75) is 0 Å². The van der Waals surface area contributed by atoms with Crippen LogP contribution in [0.4, 0.5) is 17.1 Å². The van der Waals surface area contributed by atoms with Crippen molar-refractivity contribution < 1.29 is 4.42 Å². The zero-order valence-electron chi connectivity index (χ0n) is 32.9. The van der Waals surface area contributed by atoms with Gasteiger partial charge in [-0.15, -0.1) is 0 Å². The number of hydrogen-bond acceptors (Lipinski definition) is 2. The quantitative estimate of drug-likeness (QED) is 0.153. The lowest BCUT2D eigenvalue weighted by molar-refractivity contribution is 0.670. The summed E-state index contributed by atoms with van der Waals surface area (Å²) in [5.41, 5.74) is 16.4. The minimum Gasteiger partial charge on any atom is -0.453 e. The highest BCUT2D eigenvalue weighted by Crippen LogP contribution is 2.48. The number of anilines is 3. The first-order valence-electron chi connectivity index (χ1n) is 20.5. The molecule has 0 aliphatic heterocycles. The summed E-state index contributed by atoms with van der Waals surface area (Å²) in [7, 11) is 0. The summed E-state index contributed by atoms with van der Waals surface area (Å²) in [4.78, 5) is 2.37. The molecule has 60 heavy (non-hydrogen) atoms. The number of benzene rings is 10. The van der Waals surface area contributed by atoms with E-state index >= 15 is 0 Å². The second-order valence-electron chi connectivity index (χ2n) is 15.3. The Hall–Kier alpha value is -7.94. The van der Waals surface area contributed by atoms with E-state index in [2.05, 4.69) is 241 Å². The van der Waals surface area contributed by atoms with E-state index < -0.39 is 0 Å². The Morgan fingerprint density at radius 2 is 0.800 bits per heavy atom. The molecule has 0 aliphatic carbocycles. The van der Waals surface area contributed by atoms with Crippen molar-refractivity contribution in [3.8, 4) is 55.6 Å². The first kappa shape index (κ1) is 35.2. The van der Waals surface area contributed by atoms with Crippen molar-refractivity contribution in [2.75, 3.05) is 4.90 Å². The second kappa shape index (κ2) is 15.1. The molecular formula is C58H39NO. The smallest absolute Gasteiger partial charge is 0.160 e. The van der Waals surface area contributed by atoms with Crippen LogP contribution in [-0.2, 0) is 0 Å². The topological polar surface area (TPSA) is 16.4 Å². The number of hydrogen-bond donors (Lipinski definition) is 0. The standard InChI is InChI=1S/C58H39NO/c1-5-16-40(17-6-1)46-25-13-26-47(38-46)41-30-33-48(34-31-41)59(49-35-32-45-24-14-27-50(54(45)39-49)42-18-7-2-8-19-42)55-37-36-51(43-20-9-3-10-21-43)56-53-29-15-28-52(57(53)60-58(55)56)44-22-11-4-12-23-44/h1-39H. The largest absolute Gasteiger partial charge is 0.453 e. The van der Waals surface area contributed by atoms with Gasteiger partial charge in [0, 0.05) is 27.7 Å². The molecule has 282 valence electrons. The van der Waals surface area contributed by atoms with E-state index in [9.17, 15) is 0 Å². The zero-order valence-corrected chi connectivity index (χ0v) is 32.9. The number of fused-ring (bicyclic) bond motifs is 4. The van der Waals surface area contributed by atoms with Crippen LogP contribution in [0.3, 0.4) is 0 Å². The molecule has 0 fully saturated rings. The van der Waals surface area contributed by atoms with Crippen molar-refractivity contribution in [3.63, 3.8) is 0 Å². The van der Waals surface area contributed by atoms with Crippen LogP contribution in [-0.4, -0.2) is 0 Å². The molecular weight excluding hydrogens is 727 g/mol. The first-order chi connectivity index (χ1) is 29.8. The van der Waals surface area contributed by atoms with Gasteiger partial charge in [0.1, 0.15) is 5.58 Å². The van der Waals surface area contributed by atoms with Crippen molar-refractivity contribution >= 4 is 49.8 Å². The van der Waals surface area contributed by atoms with Crippen molar-refractivity contribution in [1.29, 1.82) is 0 Å². The fourth-order valence-corrected chi connectivity index (χ4v) is 8.78. The summed E-state index contributed by atoms with van der Waals surface area (Å²) < 4.78 is 7.24. The lowest BCUT2D eigenvalue weighted by Crippen LogP contribution is -2.10. The van der Waals surface area contributed by atoms with Crippen LogP contribution in [0.15, 0.2) is 241 Å². The van der Waals surface area contributed by atoms with E-state index in [0.717, 1.165) is 66.8 Å². The number of furan rings is 1. The third kappa shape index (κ3) is 6.32. The lowest BCUT2D eigenvalue weighted by Gasteiger charge is -2.27. The van der Waals surface area contributed by atoms with Crippen LogP contribution < -0.4 is 4.90 Å². The molecule has 0 unspecified atom stereocenters. The highest BCUT2D eigenvalue weighted by atomic mass is 16.3. The average Bonchev–Trinajstić information content (AvgIpc) is 3.73. The molecule has 0 bridgehead atoms. The normalized spacial score (nSPS) is 11.3. The fraction of sp³-hybridized carbons (Fsp3) is 0. The fourth-order valence-electron chi connectivity index (χ4n) is 8.78. The van der Waals surface area contributed by atoms with Crippen molar-refractivity contribution in [1.82, 2.24) is 0 Å². The van der Waals surface area contributed by atoms with Gasteiger partial charge in [-0.25, -0.2) is 0 Å². The van der Waals surface area contributed by atoms with Gasteiger partial charge < -0.3 is 9.32 Å². The van der Waals surface area contributed by atoms with E-state index in [1.807, 2.05) is 0 Å². The van der Waals surface area contributed by atoms with Gasteiger partial charge in [-0.3, -0.25) is 0 Å². The minimum absolute atomic E-state index is 0.839. The van der Waals surface area contributed by atoms with Gasteiger partial charge in [-0.2, -0.15) is 0 Å². The molecule has 0 atom stereocenters. The number of nitrogens with zero attached hydrogens (tertiary/aromatic N) is 1. The summed E-state index contributed by atoms with van der Waals surface area (Å²) in [5.74, 6) is 0. The molecule has 1 heterocycles. The van der Waals surface area contributed by atoms with E-state index in [1.54, 1.807) is 0 Å². The summed E-state index contributed by atoms with van der Waals surface area (Å²) in [6, 6.07) is 84.6. The van der Waals surface area contributed by atoms with Crippen LogP contribution in [0, 0.1) is 0 Å². The Bertz CT molecular complexity index is 3280. The molecule has 2 heteroatoms. The Morgan fingerprint density at radius 3 is 1.47 bits per heavy atom. The maximum absolute atomic E-state index is 7.24. The Morgan fingerprint density at radius 1 is 0.283 bits per heavy atom. The third-order valence-electron chi connectivity index (χ3n) is 11.7. The minimum atomic E-state index is 0.839. The SMILES string of the molecule is c1ccc(-c2cccc(-c3ccc(N(c4ccc5cccc(-c6ccccc6)c5c4)c4ccc(-c5ccccc5)c5c4oc4c(-c6ccccc6)cccc45)cc3)c2)cc1. The summed E-state index contributed by atoms with van der Waals surface area (Å²) in [6.07, 6.45) is 0. The first-order valence-corrected chi connectivity index (χ1v) is 20.5. The van der Waals surface area contributed by atoms with Gasteiger partial charge in [0.15, 0.2) is 5.58 Å². The van der Waals surface area contributed by atoms with Gasteiger partial charge in [0.25, 0.3) is 0 Å². The van der Waals surface area contributed by atoms with E-state index in [4.69, 9.17) is 4.42 Å². The predicted molar refractivity (Wildman–Crippen MR) is 253 cm³/mol. The van der Waals surface area contributed by atoms with Crippen molar-refractivity contribution in [2.24, 2.45) is 0 Å². The molecule has 10 aromatic carbocycles. The highest BCUT2D eigenvalue weighted by molar-refractivity contribution is 6.19. The molecule has 2 nitrogen and oxygen atoms in total. The summed E-state index contributed by atoms with van der Waals surface area (Å²) in [6.45, 7) is 0. The van der Waals surface area contributed by atoms with Crippen LogP contribution in [0.1, 0.15) is 0 Å². The van der Waals surface area contributed by atoms with Crippen LogP contribution >= 0.6 is 0 Å².